The number of pyridine rings is 1. The largest absolute Gasteiger partial charge is 0.481 e. The highest BCUT2D eigenvalue weighted by molar-refractivity contribution is 5.80. The summed E-state index contributed by atoms with van der Waals surface area (Å²) in [6.07, 6.45) is 5.48. The van der Waals surface area contributed by atoms with Gasteiger partial charge in [0.1, 0.15) is 0 Å². The standard InChI is InChI=1S/C19H26N2O4/c1-15(2)7-10-19(18(24)25)9-5-12-21(14-19)17(23)8-13-20-11-4-3-6-16(20)22/h3-4,6-7,11H,5,8-10,12-14H2,1-2H3,(H,24,25)/t19-/m1/s1. The van der Waals surface area contributed by atoms with Gasteiger partial charge in [0.25, 0.3) is 5.56 Å². The Balaban J connectivity index is 2.04. The van der Waals surface area contributed by atoms with E-state index < -0.39 is 11.4 Å². The van der Waals surface area contributed by atoms with Gasteiger partial charge in [0.2, 0.25) is 5.91 Å². The molecule has 1 N–H and O–H groups in total. The monoisotopic (exact) mass is 346 g/mol. The number of carbonyl (C=O) groups excluding carboxylic acids is 1. The summed E-state index contributed by atoms with van der Waals surface area (Å²) in [5.74, 6) is -0.944. The first-order chi connectivity index (χ1) is 11.8. The fourth-order valence-electron chi connectivity index (χ4n) is 3.19. The number of carboxylic acid groups (broad SMARTS) is 1. The number of carbonyl (C=O) groups is 2. The number of hydrogen-bond acceptors (Lipinski definition) is 3. The lowest BCUT2D eigenvalue weighted by molar-refractivity contribution is -0.154. The Morgan fingerprint density at radius 2 is 2.08 bits per heavy atom. The topological polar surface area (TPSA) is 79.6 Å². The summed E-state index contributed by atoms with van der Waals surface area (Å²) in [6.45, 7) is 5.00. The molecule has 1 aromatic heterocycles. The normalized spacial score (nSPS) is 20.2. The molecule has 6 heteroatoms. The molecule has 0 bridgehead atoms. The van der Waals surface area contributed by atoms with Gasteiger partial charge >= 0.3 is 5.97 Å². The number of amides is 1. The SMILES string of the molecule is CC(C)=CC[C@]1(C(=O)O)CCCN(C(=O)CCn2ccccc2=O)C1. The first-order valence-corrected chi connectivity index (χ1v) is 8.64. The average Bonchev–Trinajstić information content (AvgIpc) is 2.59. The first-order valence-electron chi connectivity index (χ1n) is 8.64. The summed E-state index contributed by atoms with van der Waals surface area (Å²) in [7, 11) is 0. The lowest BCUT2D eigenvalue weighted by Crippen LogP contribution is -2.50. The zero-order valence-corrected chi connectivity index (χ0v) is 14.9. The maximum Gasteiger partial charge on any atom is 0.311 e. The molecule has 0 saturated carbocycles. The highest BCUT2D eigenvalue weighted by Gasteiger charge is 2.42. The molecule has 136 valence electrons. The average molecular weight is 346 g/mol. The van der Waals surface area contributed by atoms with Gasteiger partial charge in [-0.1, -0.05) is 17.7 Å². The van der Waals surface area contributed by atoms with E-state index in [0.29, 0.717) is 32.4 Å². The maximum atomic E-state index is 12.5. The second kappa shape index (κ2) is 8.14. The van der Waals surface area contributed by atoms with Gasteiger partial charge in [0.15, 0.2) is 0 Å². The molecule has 1 atom stereocenters. The van der Waals surface area contributed by atoms with Crippen LogP contribution in [0.5, 0.6) is 0 Å². The Morgan fingerprint density at radius 1 is 1.32 bits per heavy atom. The third-order valence-corrected chi connectivity index (χ3v) is 4.75. The quantitative estimate of drug-likeness (QED) is 0.802. The van der Waals surface area contributed by atoms with Gasteiger partial charge in [-0.05, 0) is 39.2 Å². The van der Waals surface area contributed by atoms with E-state index in [2.05, 4.69) is 0 Å². The van der Waals surface area contributed by atoms with Gasteiger partial charge in [-0.2, -0.15) is 0 Å². The number of likely N-dealkylation sites (tertiary alicyclic amines) is 1. The molecule has 2 heterocycles. The van der Waals surface area contributed by atoms with Crippen molar-refractivity contribution in [2.75, 3.05) is 13.1 Å². The van der Waals surface area contributed by atoms with Crippen molar-refractivity contribution in [1.82, 2.24) is 9.47 Å². The zero-order chi connectivity index (χ0) is 18.4. The van der Waals surface area contributed by atoms with Crippen molar-refractivity contribution in [1.29, 1.82) is 0 Å². The highest BCUT2D eigenvalue weighted by Crippen LogP contribution is 2.35. The predicted octanol–water partition coefficient (Wildman–Crippen LogP) is 2.29. The summed E-state index contributed by atoms with van der Waals surface area (Å²) >= 11 is 0. The molecule has 0 aromatic carbocycles. The van der Waals surface area contributed by atoms with Gasteiger partial charge in [0, 0.05) is 38.3 Å². The van der Waals surface area contributed by atoms with Crippen LogP contribution >= 0.6 is 0 Å². The molecule has 1 aliphatic rings. The van der Waals surface area contributed by atoms with E-state index in [0.717, 1.165) is 5.57 Å². The molecule has 1 saturated heterocycles. The molecule has 0 spiro atoms. The predicted molar refractivity (Wildman–Crippen MR) is 95.2 cm³/mol. The van der Waals surface area contributed by atoms with Gasteiger partial charge in [-0.3, -0.25) is 14.4 Å². The molecule has 1 aliphatic heterocycles. The number of nitrogens with zero attached hydrogens (tertiary/aromatic N) is 2. The Bertz CT molecular complexity index is 718. The van der Waals surface area contributed by atoms with Gasteiger partial charge < -0.3 is 14.6 Å². The van der Waals surface area contributed by atoms with Crippen molar-refractivity contribution in [3.63, 3.8) is 0 Å². The van der Waals surface area contributed by atoms with Crippen LogP contribution in [0.3, 0.4) is 0 Å². The molecule has 1 fully saturated rings. The molecule has 0 radical (unpaired) electrons. The molecule has 1 amide bonds. The van der Waals surface area contributed by atoms with E-state index in [4.69, 9.17) is 0 Å². The summed E-state index contributed by atoms with van der Waals surface area (Å²) in [5, 5.41) is 9.73. The number of rotatable bonds is 6. The third-order valence-electron chi connectivity index (χ3n) is 4.75. The number of carboxylic acids is 1. The lowest BCUT2D eigenvalue weighted by atomic mass is 9.76. The lowest BCUT2D eigenvalue weighted by Gasteiger charge is -2.39. The van der Waals surface area contributed by atoms with Crippen LogP contribution in [-0.2, 0) is 16.1 Å². The van der Waals surface area contributed by atoms with Crippen LogP contribution < -0.4 is 5.56 Å². The highest BCUT2D eigenvalue weighted by atomic mass is 16.4. The molecule has 1 aromatic rings. The van der Waals surface area contributed by atoms with E-state index in [1.165, 1.54) is 10.6 Å². The number of hydrogen-bond donors (Lipinski definition) is 1. The van der Waals surface area contributed by atoms with Crippen LogP contribution in [0.4, 0.5) is 0 Å². The van der Waals surface area contributed by atoms with Crippen LogP contribution in [0.25, 0.3) is 0 Å². The summed E-state index contributed by atoms with van der Waals surface area (Å²) < 4.78 is 1.50. The molecule has 25 heavy (non-hydrogen) atoms. The van der Waals surface area contributed by atoms with Crippen LogP contribution in [0.1, 0.15) is 39.5 Å². The number of piperidine rings is 1. The Kier molecular flexibility index (Phi) is 6.17. The summed E-state index contributed by atoms with van der Waals surface area (Å²) in [5.41, 5.74) is 0.0271. The van der Waals surface area contributed by atoms with E-state index in [1.807, 2.05) is 19.9 Å². The Labute approximate surface area is 147 Å². The number of aryl methyl sites for hydroxylation is 1. The summed E-state index contributed by atoms with van der Waals surface area (Å²) in [6, 6.07) is 4.87. The van der Waals surface area contributed by atoms with Gasteiger partial charge in [-0.15, -0.1) is 0 Å². The van der Waals surface area contributed by atoms with Crippen molar-refractivity contribution in [3.8, 4) is 0 Å². The van der Waals surface area contributed by atoms with Crippen molar-refractivity contribution in [3.05, 3.63) is 46.4 Å². The molecule has 2 rings (SSSR count). The number of aliphatic carboxylic acids is 1. The number of aromatic nitrogens is 1. The van der Waals surface area contributed by atoms with E-state index in [1.54, 1.807) is 23.2 Å². The van der Waals surface area contributed by atoms with Crippen molar-refractivity contribution in [2.24, 2.45) is 5.41 Å². The van der Waals surface area contributed by atoms with Crippen molar-refractivity contribution >= 4 is 11.9 Å². The van der Waals surface area contributed by atoms with E-state index >= 15 is 0 Å². The van der Waals surface area contributed by atoms with Crippen molar-refractivity contribution in [2.45, 2.75) is 46.1 Å². The second-order valence-corrected chi connectivity index (χ2v) is 6.97. The first kappa shape index (κ1) is 19.0. The molecular weight excluding hydrogens is 320 g/mol. The molecule has 6 nitrogen and oxygen atoms in total. The van der Waals surface area contributed by atoms with Gasteiger partial charge in [0.05, 0.1) is 5.41 Å². The fourth-order valence-corrected chi connectivity index (χ4v) is 3.19. The maximum absolute atomic E-state index is 12.5. The van der Waals surface area contributed by atoms with Crippen LogP contribution in [0.15, 0.2) is 40.8 Å². The molecule has 0 aliphatic carbocycles. The van der Waals surface area contributed by atoms with E-state index in [9.17, 15) is 19.5 Å². The van der Waals surface area contributed by atoms with Crippen LogP contribution in [0.2, 0.25) is 0 Å². The third kappa shape index (κ3) is 4.81. The van der Waals surface area contributed by atoms with Crippen molar-refractivity contribution < 1.29 is 14.7 Å². The number of allylic oxidation sites excluding steroid dienone is 2. The van der Waals surface area contributed by atoms with Crippen LogP contribution in [0, 0.1) is 5.41 Å². The minimum Gasteiger partial charge on any atom is -0.481 e. The zero-order valence-electron chi connectivity index (χ0n) is 14.9. The Hall–Kier alpha value is -2.37. The molecule has 0 unspecified atom stereocenters. The molecular formula is C19H26N2O4. The Morgan fingerprint density at radius 3 is 2.72 bits per heavy atom. The smallest absolute Gasteiger partial charge is 0.311 e. The van der Waals surface area contributed by atoms with E-state index in [-0.39, 0.29) is 24.4 Å². The fraction of sp³-hybridized carbons (Fsp3) is 0.526. The van der Waals surface area contributed by atoms with Crippen LogP contribution in [-0.4, -0.2) is 39.5 Å². The minimum atomic E-state index is -0.908. The minimum absolute atomic E-state index is 0.0988. The second-order valence-electron chi connectivity index (χ2n) is 6.97. The summed E-state index contributed by atoms with van der Waals surface area (Å²) in [4.78, 5) is 37.7. The van der Waals surface area contributed by atoms with Gasteiger partial charge in [-0.25, -0.2) is 0 Å².